The molecular weight excluding hydrogens is 268 g/mol. The first-order valence-electron chi connectivity index (χ1n) is 7.28. The molecule has 1 heterocycles. The largest absolute Gasteiger partial charge is 0.233 e. The molecule has 0 spiro atoms. The number of hydrogen-bond donors (Lipinski definition) is 0. The molecule has 1 aliphatic rings. The fourth-order valence-corrected chi connectivity index (χ4v) is 3.02. The van der Waals surface area contributed by atoms with Crippen LogP contribution in [0.3, 0.4) is 0 Å². The molecule has 0 bridgehead atoms. The molecule has 3 rings (SSSR count). The number of aryl methyl sites for hydroxylation is 3. The Balaban J connectivity index is 2.08. The highest BCUT2D eigenvalue weighted by atomic mass is 35.5. The first kappa shape index (κ1) is 13.6. The normalized spacial score (nSPS) is 14.8. The first-order valence-corrected chi connectivity index (χ1v) is 7.66. The van der Waals surface area contributed by atoms with E-state index in [1.807, 2.05) is 0 Å². The Morgan fingerprint density at radius 1 is 0.950 bits per heavy atom. The van der Waals surface area contributed by atoms with Crippen LogP contribution in [0.5, 0.6) is 0 Å². The number of hydrogen-bond acceptors (Lipinski definition) is 2. The SMILES string of the molecule is Cc1ccc(-c2nc(Cl)c3c(n2)CCCCC3)cc1C. The number of halogens is 1. The second kappa shape index (κ2) is 5.53. The van der Waals surface area contributed by atoms with E-state index in [-0.39, 0.29) is 0 Å². The minimum Gasteiger partial charge on any atom is -0.233 e. The van der Waals surface area contributed by atoms with E-state index in [1.165, 1.54) is 30.4 Å². The van der Waals surface area contributed by atoms with Crippen molar-refractivity contribution in [3.8, 4) is 11.4 Å². The van der Waals surface area contributed by atoms with Gasteiger partial charge in [0, 0.05) is 16.8 Å². The molecule has 0 saturated heterocycles. The summed E-state index contributed by atoms with van der Waals surface area (Å²) < 4.78 is 0. The van der Waals surface area contributed by atoms with Gasteiger partial charge in [0.15, 0.2) is 5.82 Å². The predicted octanol–water partition coefficient (Wildman–Crippen LogP) is 4.68. The maximum Gasteiger partial charge on any atom is 0.161 e. The molecule has 2 aromatic rings. The van der Waals surface area contributed by atoms with E-state index in [1.54, 1.807) is 0 Å². The Labute approximate surface area is 125 Å². The molecule has 104 valence electrons. The summed E-state index contributed by atoms with van der Waals surface area (Å²) in [6.45, 7) is 4.23. The van der Waals surface area contributed by atoms with Crippen molar-refractivity contribution in [2.75, 3.05) is 0 Å². The summed E-state index contributed by atoms with van der Waals surface area (Å²) in [7, 11) is 0. The van der Waals surface area contributed by atoms with Gasteiger partial charge in [-0.05, 0) is 56.7 Å². The summed E-state index contributed by atoms with van der Waals surface area (Å²) >= 11 is 6.39. The summed E-state index contributed by atoms with van der Waals surface area (Å²) in [6.07, 6.45) is 5.69. The van der Waals surface area contributed by atoms with E-state index in [9.17, 15) is 0 Å². The van der Waals surface area contributed by atoms with Gasteiger partial charge in [-0.2, -0.15) is 0 Å². The van der Waals surface area contributed by atoms with Crippen LogP contribution in [0.15, 0.2) is 18.2 Å². The standard InChI is InChI=1S/C17H19ClN2/c1-11-8-9-13(10-12(11)2)17-19-15-7-5-3-4-6-14(15)16(18)20-17/h8-10H,3-7H2,1-2H3. The molecule has 1 aromatic heterocycles. The lowest BCUT2D eigenvalue weighted by atomic mass is 10.1. The highest BCUT2D eigenvalue weighted by Crippen LogP contribution is 2.28. The van der Waals surface area contributed by atoms with E-state index in [0.717, 1.165) is 35.5 Å². The third-order valence-electron chi connectivity index (χ3n) is 4.15. The molecular formula is C17H19ClN2. The van der Waals surface area contributed by atoms with Crippen molar-refractivity contribution in [1.29, 1.82) is 0 Å². The lowest BCUT2D eigenvalue weighted by Gasteiger charge is -2.10. The van der Waals surface area contributed by atoms with Crippen LogP contribution in [0.1, 0.15) is 41.6 Å². The zero-order valence-corrected chi connectivity index (χ0v) is 12.8. The van der Waals surface area contributed by atoms with Crippen molar-refractivity contribution in [1.82, 2.24) is 9.97 Å². The molecule has 0 fully saturated rings. The Morgan fingerprint density at radius 2 is 1.75 bits per heavy atom. The van der Waals surface area contributed by atoms with Crippen molar-refractivity contribution in [2.45, 2.75) is 46.0 Å². The lowest BCUT2D eigenvalue weighted by molar-refractivity contribution is 0.709. The molecule has 20 heavy (non-hydrogen) atoms. The molecule has 0 radical (unpaired) electrons. The van der Waals surface area contributed by atoms with Gasteiger partial charge >= 0.3 is 0 Å². The molecule has 0 N–H and O–H groups in total. The van der Waals surface area contributed by atoms with Crippen LogP contribution in [0, 0.1) is 13.8 Å². The smallest absolute Gasteiger partial charge is 0.161 e. The second-order valence-electron chi connectivity index (χ2n) is 5.62. The molecule has 1 aromatic carbocycles. The highest BCUT2D eigenvalue weighted by Gasteiger charge is 2.16. The van der Waals surface area contributed by atoms with Crippen molar-refractivity contribution < 1.29 is 0 Å². The number of fused-ring (bicyclic) bond motifs is 1. The van der Waals surface area contributed by atoms with Gasteiger partial charge in [-0.25, -0.2) is 9.97 Å². The molecule has 1 aliphatic carbocycles. The van der Waals surface area contributed by atoms with Gasteiger partial charge in [0.05, 0.1) is 0 Å². The van der Waals surface area contributed by atoms with Crippen LogP contribution in [-0.4, -0.2) is 9.97 Å². The van der Waals surface area contributed by atoms with E-state index in [4.69, 9.17) is 16.6 Å². The van der Waals surface area contributed by atoms with Gasteiger partial charge in [0.25, 0.3) is 0 Å². The van der Waals surface area contributed by atoms with Crippen LogP contribution < -0.4 is 0 Å². The van der Waals surface area contributed by atoms with Gasteiger partial charge < -0.3 is 0 Å². The van der Waals surface area contributed by atoms with Crippen LogP contribution >= 0.6 is 11.6 Å². The summed E-state index contributed by atoms with van der Waals surface area (Å²) in [5, 5.41) is 0.644. The van der Waals surface area contributed by atoms with Gasteiger partial charge in [-0.3, -0.25) is 0 Å². The van der Waals surface area contributed by atoms with Gasteiger partial charge in [-0.15, -0.1) is 0 Å². The Morgan fingerprint density at radius 3 is 2.55 bits per heavy atom. The van der Waals surface area contributed by atoms with Crippen LogP contribution in [0.25, 0.3) is 11.4 Å². The van der Waals surface area contributed by atoms with E-state index < -0.39 is 0 Å². The van der Waals surface area contributed by atoms with Crippen molar-refractivity contribution in [3.05, 3.63) is 45.7 Å². The Hall–Kier alpha value is -1.41. The zero-order chi connectivity index (χ0) is 14.1. The number of rotatable bonds is 1. The minimum absolute atomic E-state index is 0.644. The highest BCUT2D eigenvalue weighted by molar-refractivity contribution is 6.30. The molecule has 2 nitrogen and oxygen atoms in total. The molecule has 0 amide bonds. The third kappa shape index (κ3) is 2.57. The predicted molar refractivity (Wildman–Crippen MR) is 83.2 cm³/mol. The fourth-order valence-electron chi connectivity index (χ4n) is 2.73. The minimum atomic E-state index is 0.644. The number of benzene rings is 1. The average Bonchev–Trinajstić information content (AvgIpc) is 2.67. The molecule has 0 aliphatic heterocycles. The van der Waals surface area contributed by atoms with Crippen molar-refractivity contribution in [2.24, 2.45) is 0 Å². The monoisotopic (exact) mass is 286 g/mol. The van der Waals surface area contributed by atoms with E-state index in [0.29, 0.717) is 5.15 Å². The van der Waals surface area contributed by atoms with Crippen LogP contribution in [0.4, 0.5) is 0 Å². The molecule has 0 unspecified atom stereocenters. The van der Waals surface area contributed by atoms with Crippen molar-refractivity contribution in [3.63, 3.8) is 0 Å². The molecule has 0 atom stereocenters. The second-order valence-corrected chi connectivity index (χ2v) is 5.98. The quantitative estimate of drug-likeness (QED) is 0.562. The third-order valence-corrected chi connectivity index (χ3v) is 4.46. The van der Waals surface area contributed by atoms with Gasteiger partial charge in [0.1, 0.15) is 5.15 Å². The van der Waals surface area contributed by atoms with Gasteiger partial charge in [-0.1, -0.05) is 30.2 Å². The maximum absolute atomic E-state index is 6.39. The first-order chi connectivity index (χ1) is 9.65. The van der Waals surface area contributed by atoms with Crippen LogP contribution in [-0.2, 0) is 12.8 Å². The van der Waals surface area contributed by atoms with Crippen LogP contribution in [0.2, 0.25) is 5.15 Å². The maximum atomic E-state index is 6.39. The van der Waals surface area contributed by atoms with E-state index >= 15 is 0 Å². The number of nitrogens with zero attached hydrogens (tertiary/aromatic N) is 2. The fraction of sp³-hybridized carbons (Fsp3) is 0.412. The summed E-state index contributed by atoms with van der Waals surface area (Å²) in [4.78, 5) is 9.30. The summed E-state index contributed by atoms with van der Waals surface area (Å²) in [5.74, 6) is 0.763. The number of aromatic nitrogens is 2. The topological polar surface area (TPSA) is 25.8 Å². The van der Waals surface area contributed by atoms with Gasteiger partial charge in [0.2, 0.25) is 0 Å². The van der Waals surface area contributed by atoms with E-state index in [2.05, 4.69) is 37.0 Å². The summed E-state index contributed by atoms with van der Waals surface area (Å²) in [6, 6.07) is 6.34. The Bertz CT molecular complexity index is 650. The summed E-state index contributed by atoms with van der Waals surface area (Å²) in [5.41, 5.74) is 5.92. The Kier molecular flexibility index (Phi) is 3.75. The lowest BCUT2D eigenvalue weighted by Crippen LogP contribution is -2.02. The zero-order valence-electron chi connectivity index (χ0n) is 12.0. The average molecular weight is 287 g/mol. The molecule has 3 heteroatoms. The van der Waals surface area contributed by atoms with Crippen molar-refractivity contribution >= 4 is 11.6 Å². The molecule has 0 saturated carbocycles.